The summed E-state index contributed by atoms with van der Waals surface area (Å²) >= 11 is 0. The number of carbonyl (C=O) groups is 3. The zero-order chi connectivity index (χ0) is 14.5. The third-order valence-corrected chi connectivity index (χ3v) is 3.03. The summed E-state index contributed by atoms with van der Waals surface area (Å²) in [4.78, 5) is 35.8. The highest BCUT2D eigenvalue weighted by atomic mass is 16.5. The molecule has 1 heterocycles. The fraction of sp³-hybridized carbons (Fsp3) is 0.308. The number of rotatable bonds is 5. The third-order valence-electron chi connectivity index (χ3n) is 3.03. The van der Waals surface area contributed by atoms with Gasteiger partial charge in [0.1, 0.15) is 0 Å². The van der Waals surface area contributed by atoms with E-state index in [0.717, 1.165) is 10.5 Å². The van der Waals surface area contributed by atoms with Gasteiger partial charge in [0, 0.05) is 19.4 Å². The molecule has 7 heteroatoms. The van der Waals surface area contributed by atoms with Crippen LogP contribution < -0.4 is 10.8 Å². The van der Waals surface area contributed by atoms with Gasteiger partial charge in [-0.2, -0.15) is 5.48 Å². The Morgan fingerprint density at radius 2 is 1.80 bits per heavy atom. The maximum absolute atomic E-state index is 11.9. The molecular weight excluding hydrogens is 262 g/mol. The van der Waals surface area contributed by atoms with Crippen LogP contribution in [0.1, 0.15) is 18.4 Å². The first kappa shape index (κ1) is 14.2. The van der Waals surface area contributed by atoms with Crippen LogP contribution >= 0.6 is 0 Å². The third kappa shape index (κ3) is 3.01. The Hall–Kier alpha value is -2.25. The zero-order valence-electron chi connectivity index (χ0n) is 10.7. The molecule has 0 aromatic heterocycles. The number of benzene rings is 1. The van der Waals surface area contributed by atoms with Crippen LogP contribution in [0, 0.1) is 0 Å². The second kappa shape index (κ2) is 6.27. The number of nitrogens with one attached hydrogen (secondary N) is 2. The van der Waals surface area contributed by atoms with Gasteiger partial charge in [-0.25, -0.2) is 0 Å². The fourth-order valence-corrected chi connectivity index (χ4v) is 2.00. The largest absolute Gasteiger partial charge is 0.349 e. The molecule has 3 amide bonds. The normalized spacial score (nSPS) is 16.4. The van der Waals surface area contributed by atoms with Crippen LogP contribution in [-0.4, -0.2) is 34.0 Å². The van der Waals surface area contributed by atoms with E-state index < -0.39 is 23.9 Å². The van der Waals surface area contributed by atoms with Crippen molar-refractivity contribution in [1.29, 1.82) is 0 Å². The molecular formula is C13H15N3O4. The Labute approximate surface area is 115 Å². The van der Waals surface area contributed by atoms with Crippen LogP contribution in [0.25, 0.3) is 0 Å². The van der Waals surface area contributed by atoms with Gasteiger partial charge >= 0.3 is 0 Å². The van der Waals surface area contributed by atoms with Crippen LogP contribution in [0.2, 0.25) is 0 Å². The molecule has 0 aliphatic carbocycles. The first-order chi connectivity index (χ1) is 9.63. The minimum Gasteiger partial charge on any atom is -0.349 e. The lowest BCUT2D eigenvalue weighted by atomic mass is 10.2. The number of hydrogen-bond acceptors (Lipinski definition) is 5. The summed E-state index contributed by atoms with van der Waals surface area (Å²) in [5, 5.41) is 11.6. The lowest BCUT2D eigenvalue weighted by molar-refractivity contribution is -0.152. The van der Waals surface area contributed by atoms with Crippen LogP contribution in [-0.2, 0) is 20.9 Å². The van der Waals surface area contributed by atoms with Crippen molar-refractivity contribution in [2.75, 3.05) is 0 Å². The quantitative estimate of drug-likeness (QED) is 0.509. The van der Waals surface area contributed by atoms with Gasteiger partial charge in [0.05, 0.1) is 0 Å². The van der Waals surface area contributed by atoms with E-state index in [4.69, 9.17) is 5.21 Å². The van der Waals surface area contributed by atoms with Crippen molar-refractivity contribution in [2.24, 2.45) is 0 Å². The SMILES string of the molecule is O=C(NCc1ccccc1)C(NO)N1C(=O)CCC1=O. The Morgan fingerprint density at radius 3 is 2.35 bits per heavy atom. The van der Waals surface area contributed by atoms with Gasteiger partial charge in [-0.05, 0) is 5.56 Å². The van der Waals surface area contributed by atoms with E-state index in [1.165, 1.54) is 0 Å². The van der Waals surface area contributed by atoms with Crippen molar-refractivity contribution in [1.82, 2.24) is 15.7 Å². The summed E-state index contributed by atoms with van der Waals surface area (Å²) in [5.41, 5.74) is 2.58. The summed E-state index contributed by atoms with van der Waals surface area (Å²) < 4.78 is 0. The van der Waals surface area contributed by atoms with Gasteiger partial charge in [-0.15, -0.1) is 0 Å². The minimum absolute atomic E-state index is 0.0585. The molecule has 0 spiro atoms. The van der Waals surface area contributed by atoms with Gasteiger partial charge in [0.15, 0.2) is 6.17 Å². The second-order valence-electron chi connectivity index (χ2n) is 4.39. The maximum atomic E-state index is 11.9. The molecule has 1 aliphatic heterocycles. The van der Waals surface area contributed by atoms with Crippen molar-refractivity contribution in [2.45, 2.75) is 25.6 Å². The van der Waals surface area contributed by atoms with Gasteiger partial charge < -0.3 is 10.5 Å². The number of likely N-dealkylation sites (tertiary alicyclic amines) is 1. The Morgan fingerprint density at radius 1 is 1.20 bits per heavy atom. The molecule has 1 fully saturated rings. The molecule has 0 saturated carbocycles. The van der Waals surface area contributed by atoms with E-state index in [1.807, 2.05) is 30.3 Å². The lowest BCUT2D eigenvalue weighted by Gasteiger charge is -2.23. The van der Waals surface area contributed by atoms with E-state index in [-0.39, 0.29) is 19.4 Å². The predicted molar refractivity (Wildman–Crippen MR) is 68.1 cm³/mol. The monoisotopic (exact) mass is 277 g/mol. The summed E-state index contributed by atoms with van der Waals surface area (Å²) in [6, 6.07) is 9.17. The fourth-order valence-electron chi connectivity index (χ4n) is 2.00. The van der Waals surface area contributed by atoms with Crippen molar-refractivity contribution in [3.8, 4) is 0 Å². The van der Waals surface area contributed by atoms with Gasteiger partial charge in [-0.3, -0.25) is 19.3 Å². The summed E-state index contributed by atoms with van der Waals surface area (Å²) in [6.07, 6.45) is -1.27. The highest BCUT2D eigenvalue weighted by molar-refractivity contribution is 6.05. The predicted octanol–water partition coefficient (Wildman–Crippen LogP) is -0.243. The molecule has 0 bridgehead atoms. The molecule has 2 rings (SSSR count). The molecule has 1 aliphatic rings. The average Bonchev–Trinajstić information content (AvgIpc) is 2.79. The average molecular weight is 277 g/mol. The number of hydroxylamine groups is 1. The van der Waals surface area contributed by atoms with E-state index >= 15 is 0 Å². The zero-order valence-corrected chi connectivity index (χ0v) is 10.7. The second-order valence-corrected chi connectivity index (χ2v) is 4.39. The standard InChI is InChI=1S/C13H15N3O4/c17-10-6-7-11(18)16(10)12(15-20)13(19)14-8-9-4-2-1-3-5-9/h1-5,12,15,20H,6-8H2,(H,14,19). The molecule has 106 valence electrons. The van der Waals surface area contributed by atoms with Crippen LogP contribution in [0.3, 0.4) is 0 Å². The Kier molecular flexibility index (Phi) is 4.44. The van der Waals surface area contributed by atoms with Crippen LogP contribution in [0.5, 0.6) is 0 Å². The summed E-state index contributed by atoms with van der Waals surface area (Å²) in [5.74, 6) is -1.59. The summed E-state index contributed by atoms with van der Waals surface area (Å²) in [7, 11) is 0. The minimum atomic E-state index is -1.39. The maximum Gasteiger partial charge on any atom is 0.260 e. The number of carbonyl (C=O) groups excluding carboxylic acids is 3. The number of nitrogens with zero attached hydrogens (tertiary/aromatic N) is 1. The summed E-state index contributed by atoms with van der Waals surface area (Å²) in [6.45, 7) is 0.244. The molecule has 7 nitrogen and oxygen atoms in total. The molecule has 1 atom stereocenters. The molecule has 1 aromatic rings. The van der Waals surface area contributed by atoms with E-state index in [2.05, 4.69) is 5.32 Å². The molecule has 1 aromatic carbocycles. The van der Waals surface area contributed by atoms with Gasteiger partial charge in [-0.1, -0.05) is 30.3 Å². The van der Waals surface area contributed by atoms with Gasteiger partial charge in [0.25, 0.3) is 5.91 Å². The Balaban J connectivity index is 1.99. The highest BCUT2D eigenvalue weighted by Crippen LogP contribution is 2.14. The van der Waals surface area contributed by atoms with E-state index in [9.17, 15) is 14.4 Å². The first-order valence-corrected chi connectivity index (χ1v) is 6.19. The van der Waals surface area contributed by atoms with Crippen LogP contribution in [0.4, 0.5) is 0 Å². The van der Waals surface area contributed by atoms with Crippen LogP contribution in [0.15, 0.2) is 30.3 Å². The molecule has 1 saturated heterocycles. The molecule has 3 N–H and O–H groups in total. The topological polar surface area (TPSA) is 98.7 Å². The lowest BCUT2D eigenvalue weighted by Crippen LogP contribution is -2.55. The number of imide groups is 1. The number of amides is 3. The van der Waals surface area contributed by atoms with Gasteiger partial charge in [0.2, 0.25) is 11.8 Å². The molecule has 1 unspecified atom stereocenters. The number of hydrogen-bond donors (Lipinski definition) is 3. The Bertz CT molecular complexity index is 502. The molecule has 0 radical (unpaired) electrons. The van der Waals surface area contributed by atoms with E-state index in [0.29, 0.717) is 0 Å². The van der Waals surface area contributed by atoms with Crippen molar-refractivity contribution < 1.29 is 19.6 Å². The first-order valence-electron chi connectivity index (χ1n) is 6.19. The highest BCUT2D eigenvalue weighted by Gasteiger charge is 2.38. The smallest absolute Gasteiger partial charge is 0.260 e. The van der Waals surface area contributed by atoms with Crippen molar-refractivity contribution in [3.63, 3.8) is 0 Å². The van der Waals surface area contributed by atoms with Crippen molar-refractivity contribution >= 4 is 17.7 Å². The van der Waals surface area contributed by atoms with Crippen molar-refractivity contribution in [3.05, 3.63) is 35.9 Å². The van der Waals surface area contributed by atoms with E-state index in [1.54, 1.807) is 5.48 Å². The molecule has 20 heavy (non-hydrogen) atoms.